The van der Waals surface area contributed by atoms with Crippen molar-refractivity contribution in [3.05, 3.63) is 97.4 Å². The summed E-state index contributed by atoms with van der Waals surface area (Å²) < 4.78 is 11.2. The maximum Gasteiger partial charge on any atom is 0.280 e. The number of rotatable bonds is 7. The number of carbonyl (C=O) groups excluding carboxylic acids is 1. The first kappa shape index (κ1) is 24.3. The molecule has 0 spiro atoms. The number of hydrogen-bond donors (Lipinski definition) is 1. The number of nitro groups is 1. The van der Waals surface area contributed by atoms with Gasteiger partial charge in [0.05, 0.1) is 34.3 Å². The van der Waals surface area contributed by atoms with Gasteiger partial charge in [-0.25, -0.2) is 4.99 Å². The minimum Gasteiger partial charge on any atom is -0.493 e. The molecule has 8 nitrogen and oxygen atoms in total. The topological polar surface area (TPSA) is 103 Å². The zero-order valence-corrected chi connectivity index (χ0v) is 20.4. The molecule has 1 heterocycles. The fourth-order valence-electron chi connectivity index (χ4n) is 3.24. The highest BCUT2D eigenvalue weighted by Gasteiger charge is 2.26. The highest BCUT2D eigenvalue weighted by Crippen LogP contribution is 2.38. The zero-order valence-electron chi connectivity index (χ0n) is 18.8. The monoisotopic (exact) mass is 509 g/mol. The second-order valence-corrected chi connectivity index (χ2v) is 8.95. The number of halogens is 1. The highest BCUT2D eigenvalue weighted by atomic mass is 35.5. The predicted molar refractivity (Wildman–Crippen MR) is 137 cm³/mol. The van der Waals surface area contributed by atoms with Crippen LogP contribution in [0.1, 0.15) is 16.7 Å². The van der Waals surface area contributed by atoms with E-state index in [0.29, 0.717) is 21.6 Å². The molecule has 178 valence electrons. The number of amidine groups is 1. The Kier molecular flexibility index (Phi) is 7.38. The second kappa shape index (κ2) is 10.6. The van der Waals surface area contributed by atoms with Crippen LogP contribution in [0.5, 0.6) is 11.5 Å². The minimum absolute atomic E-state index is 0.205. The molecule has 1 aliphatic rings. The van der Waals surface area contributed by atoms with Gasteiger partial charge in [-0.3, -0.25) is 14.9 Å². The number of nitrogens with zero attached hydrogens (tertiary/aromatic N) is 2. The summed E-state index contributed by atoms with van der Waals surface area (Å²) in [5.41, 5.74) is 2.39. The van der Waals surface area contributed by atoms with E-state index in [1.54, 1.807) is 12.1 Å². The van der Waals surface area contributed by atoms with Crippen LogP contribution in [0.25, 0.3) is 6.08 Å². The molecule has 0 bridgehead atoms. The first-order valence-corrected chi connectivity index (χ1v) is 11.6. The van der Waals surface area contributed by atoms with Gasteiger partial charge in [-0.1, -0.05) is 48.0 Å². The molecule has 0 aliphatic carbocycles. The van der Waals surface area contributed by atoms with Crippen molar-refractivity contribution in [2.45, 2.75) is 13.5 Å². The Bertz CT molecular complexity index is 1360. The summed E-state index contributed by atoms with van der Waals surface area (Å²) in [5.74, 6) is 0.127. The third-order valence-electron chi connectivity index (χ3n) is 5.07. The Morgan fingerprint density at radius 1 is 1.14 bits per heavy atom. The maximum atomic E-state index is 12.5. The number of ether oxygens (including phenoxy) is 2. The quantitative estimate of drug-likeness (QED) is 0.237. The van der Waals surface area contributed by atoms with Crippen molar-refractivity contribution in [1.82, 2.24) is 5.32 Å². The summed E-state index contributed by atoms with van der Waals surface area (Å²) in [5, 5.41) is 15.4. The van der Waals surface area contributed by atoms with Gasteiger partial charge in [0.15, 0.2) is 16.7 Å². The maximum absolute atomic E-state index is 12.5. The lowest BCUT2D eigenvalue weighted by atomic mass is 10.1. The molecule has 0 aromatic heterocycles. The summed E-state index contributed by atoms with van der Waals surface area (Å²) >= 11 is 7.23. The van der Waals surface area contributed by atoms with E-state index in [1.807, 2.05) is 43.3 Å². The number of aliphatic imine (C=N–C) groups is 1. The van der Waals surface area contributed by atoms with Crippen LogP contribution >= 0.6 is 23.4 Å². The van der Waals surface area contributed by atoms with Gasteiger partial charge in [0.2, 0.25) is 0 Å². The molecular formula is C25H20ClN3O5S. The molecule has 4 rings (SSSR count). The first-order chi connectivity index (χ1) is 16.8. The largest absolute Gasteiger partial charge is 0.493 e. The second-order valence-electron chi connectivity index (χ2n) is 7.51. The van der Waals surface area contributed by atoms with Gasteiger partial charge in [0.25, 0.3) is 11.6 Å². The van der Waals surface area contributed by atoms with Crippen LogP contribution in [-0.2, 0) is 11.4 Å². The van der Waals surface area contributed by atoms with Crippen LogP contribution in [-0.4, -0.2) is 23.1 Å². The SMILES string of the molecule is COc1cc(/C=C2\SC(=Nc3ccc(C)c(Cl)c3)NC2=O)c([N+](=O)[O-])cc1OCc1ccccc1. The Morgan fingerprint density at radius 3 is 2.60 bits per heavy atom. The Balaban J connectivity index is 1.62. The van der Waals surface area contributed by atoms with Crippen molar-refractivity contribution in [2.24, 2.45) is 4.99 Å². The fraction of sp³-hybridized carbons (Fsp3) is 0.120. The van der Waals surface area contributed by atoms with Gasteiger partial charge < -0.3 is 14.8 Å². The Labute approximate surface area is 210 Å². The van der Waals surface area contributed by atoms with Crippen LogP contribution in [0.3, 0.4) is 0 Å². The van der Waals surface area contributed by atoms with Gasteiger partial charge in [-0.15, -0.1) is 0 Å². The summed E-state index contributed by atoms with van der Waals surface area (Å²) in [6.45, 7) is 2.10. The van der Waals surface area contributed by atoms with Crippen LogP contribution in [0.4, 0.5) is 11.4 Å². The average molecular weight is 510 g/mol. The van der Waals surface area contributed by atoms with Crippen molar-refractivity contribution in [3.8, 4) is 11.5 Å². The molecule has 1 N–H and O–H groups in total. The number of carbonyl (C=O) groups is 1. The summed E-state index contributed by atoms with van der Waals surface area (Å²) in [4.78, 5) is 28.5. The van der Waals surface area contributed by atoms with E-state index in [1.165, 1.54) is 25.3 Å². The molecule has 10 heteroatoms. The number of hydrogen-bond acceptors (Lipinski definition) is 7. The molecule has 3 aromatic rings. The smallest absolute Gasteiger partial charge is 0.280 e. The van der Waals surface area contributed by atoms with E-state index < -0.39 is 10.8 Å². The van der Waals surface area contributed by atoms with Gasteiger partial charge in [0, 0.05) is 5.02 Å². The van der Waals surface area contributed by atoms with Crippen LogP contribution < -0.4 is 14.8 Å². The van der Waals surface area contributed by atoms with E-state index in [-0.39, 0.29) is 28.5 Å². The number of nitrogens with one attached hydrogen (secondary N) is 1. The highest BCUT2D eigenvalue weighted by molar-refractivity contribution is 8.18. The van der Waals surface area contributed by atoms with E-state index >= 15 is 0 Å². The van der Waals surface area contributed by atoms with E-state index in [4.69, 9.17) is 21.1 Å². The summed E-state index contributed by atoms with van der Waals surface area (Å²) in [6.07, 6.45) is 1.44. The van der Waals surface area contributed by atoms with E-state index in [2.05, 4.69) is 10.3 Å². The van der Waals surface area contributed by atoms with E-state index in [0.717, 1.165) is 22.9 Å². The number of amides is 1. The molecule has 1 fully saturated rings. The van der Waals surface area contributed by atoms with Crippen molar-refractivity contribution in [1.29, 1.82) is 0 Å². The number of thioether (sulfide) groups is 1. The van der Waals surface area contributed by atoms with E-state index in [9.17, 15) is 14.9 Å². The third-order valence-corrected chi connectivity index (χ3v) is 6.39. The lowest BCUT2D eigenvalue weighted by Gasteiger charge is -2.12. The predicted octanol–water partition coefficient (Wildman–Crippen LogP) is 6.04. The minimum atomic E-state index is -0.526. The third kappa shape index (κ3) is 5.82. The zero-order chi connectivity index (χ0) is 24.9. The summed E-state index contributed by atoms with van der Waals surface area (Å²) in [7, 11) is 1.45. The standard InChI is InChI=1S/C25H20ClN3O5S/c1-15-8-9-18(12-19(15)26)27-25-28-24(30)23(35-25)11-17-10-21(33-2)22(13-20(17)29(31)32)34-14-16-6-4-3-5-7-16/h3-13H,14H2,1-2H3,(H,27,28,30)/b23-11-. The van der Waals surface area contributed by atoms with Crippen molar-refractivity contribution >= 4 is 51.9 Å². The molecule has 1 saturated heterocycles. The molecule has 0 saturated carbocycles. The lowest BCUT2D eigenvalue weighted by molar-refractivity contribution is -0.385. The van der Waals surface area contributed by atoms with Crippen LogP contribution in [0, 0.1) is 17.0 Å². The molecule has 0 radical (unpaired) electrons. The molecule has 1 aliphatic heterocycles. The average Bonchev–Trinajstić information content (AvgIpc) is 3.18. The Morgan fingerprint density at radius 2 is 1.91 bits per heavy atom. The van der Waals surface area contributed by atoms with Crippen molar-refractivity contribution in [3.63, 3.8) is 0 Å². The summed E-state index contributed by atoms with van der Waals surface area (Å²) in [6, 6.07) is 17.5. The molecule has 1 amide bonds. The van der Waals surface area contributed by atoms with Crippen LogP contribution in [0.2, 0.25) is 5.02 Å². The number of methoxy groups -OCH3 is 1. The molecular weight excluding hydrogens is 490 g/mol. The molecule has 0 atom stereocenters. The van der Waals surface area contributed by atoms with Gasteiger partial charge in [-0.05, 0) is 54.1 Å². The van der Waals surface area contributed by atoms with Crippen molar-refractivity contribution in [2.75, 3.05) is 7.11 Å². The van der Waals surface area contributed by atoms with Gasteiger partial charge >= 0.3 is 0 Å². The lowest BCUT2D eigenvalue weighted by Crippen LogP contribution is -2.19. The molecule has 3 aromatic carbocycles. The first-order valence-electron chi connectivity index (χ1n) is 10.4. The normalized spacial score (nSPS) is 15.3. The number of benzene rings is 3. The number of nitro benzene ring substituents is 1. The fourth-order valence-corrected chi connectivity index (χ4v) is 4.24. The Hall–Kier alpha value is -3.82. The van der Waals surface area contributed by atoms with Gasteiger partial charge in [0.1, 0.15) is 6.61 Å². The number of aryl methyl sites for hydroxylation is 1. The van der Waals surface area contributed by atoms with Crippen LogP contribution in [0.15, 0.2) is 70.6 Å². The van der Waals surface area contributed by atoms with Gasteiger partial charge in [-0.2, -0.15) is 0 Å². The molecule has 0 unspecified atom stereocenters. The van der Waals surface area contributed by atoms with Crippen molar-refractivity contribution < 1.29 is 19.2 Å². The molecule has 35 heavy (non-hydrogen) atoms.